The van der Waals surface area contributed by atoms with Crippen LogP contribution in [0.4, 0.5) is 0 Å². The molecule has 0 heterocycles. The highest BCUT2D eigenvalue weighted by Gasteiger charge is 2.20. The van der Waals surface area contributed by atoms with Crippen LogP contribution in [0.1, 0.15) is 29.8 Å². The number of likely N-dealkylation sites (N-methyl/N-ethyl adjacent to an activating group) is 1. The molecule has 0 aliphatic rings. The molecule has 2 aromatic rings. The zero-order valence-corrected chi connectivity index (χ0v) is 16.0. The van der Waals surface area contributed by atoms with Gasteiger partial charge < -0.3 is 10.1 Å². The minimum Gasteiger partial charge on any atom is -0.449 e. The lowest BCUT2D eigenvalue weighted by Gasteiger charge is -2.13. The van der Waals surface area contributed by atoms with Gasteiger partial charge in [0.15, 0.2) is 6.10 Å². The summed E-state index contributed by atoms with van der Waals surface area (Å²) in [6.45, 7) is 3.75. The Morgan fingerprint density at radius 2 is 1.78 bits per heavy atom. The number of sulfonamides is 1. The van der Waals surface area contributed by atoms with Crippen molar-refractivity contribution in [2.24, 2.45) is 0 Å². The third kappa shape index (κ3) is 5.90. The molecule has 0 fully saturated rings. The lowest BCUT2D eigenvalue weighted by Crippen LogP contribution is -2.35. The van der Waals surface area contributed by atoms with Crippen molar-refractivity contribution in [1.29, 1.82) is 0 Å². The molecule has 1 atom stereocenters. The largest absolute Gasteiger partial charge is 0.449 e. The van der Waals surface area contributed by atoms with Crippen molar-refractivity contribution in [1.82, 2.24) is 10.0 Å². The fraction of sp³-hybridized carbons (Fsp3) is 0.263. The van der Waals surface area contributed by atoms with Crippen LogP contribution in [0.5, 0.6) is 0 Å². The van der Waals surface area contributed by atoms with Crippen LogP contribution >= 0.6 is 0 Å². The van der Waals surface area contributed by atoms with Crippen LogP contribution in [-0.2, 0) is 26.1 Å². The van der Waals surface area contributed by atoms with Crippen LogP contribution in [0.15, 0.2) is 59.5 Å². The lowest BCUT2D eigenvalue weighted by atomic mass is 10.2. The third-order valence-electron chi connectivity index (χ3n) is 3.69. The highest BCUT2D eigenvalue weighted by molar-refractivity contribution is 7.89. The maximum absolute atomic E-state index is 12.5. The summed E-state index contributed by atoms with van der Waals surface area (Å²) in [6.07, 6.45) is -0.978. The quantitative estimate of drug-likeness (QED) is 0.670. The summed E-state index contributed by atoms with van der Waals surface area (Å²) in [5.74, 6) is -1.19. The molecular weight excluding hydrogens is 368 g/mol. The Labute approximate surface area is 158 Å². The van der Waals surface area contributed by atoms with Gasteiger partial charge in [-0.25, -0.2) is 17.9 Å². The van der Waals surface area contributed by atoms with Crippen LogP contribution in [0, 0.1) is 0 Å². The maximum Gasteiger partial charge on any atom is 0.338 e. The van der Waals surface area contributed by atoms with E-state index in [9.17, 15) is 18.0 Å². The summed E-state index contributed by atoms with van der Waals surface area (Å²) < 4.78 is 32.5. The Morgan fingerprint density at radius 3 is 2.44 bits per heavy atom. The predicted octanol–water partition coefficient (Wildman–Crippen LogP) is 1.85. The second kappa shape index (κ2) is 9.29. The molecule has 7 nitrogen and oxygen atoms in total. The van der Waals surface area contributed by atoms with Crippen LogP contribution in [0.2, 0.25) is 0 Å². The highest BCUT2D eigenvalue weighted by Crippen LogP contribution is 2.14. The Bertz CT molecular complexity index is 897. The summed E-state index contributed by atoms with van der Waals surface area (Å²) in [5, 5.41) is 2.55. The number of nitrogens with one attached hydrogen (secondary N) is 2. The van der Waals surface area contributed by atoms with E-state index in [-0.39, 0.29) is 17.0 Å². The lowest BCUT2D eigenvalue weighted by molar-refractivity contribution is -0.128. The highest BCUT2D eigenvalue weighted by atomic mass is 32.2. The van der Waals surface area contributed by atoms with Crippen molar-refractivity contribution in [3.63, 3.8) is 0 Å². The van der Waals surface area contributed by atoms with Crippen LogP contribution < -0.4 is 10.0 Å². The summed E-state index contributed by atoms with van der Waals surface area (Å²) in [7, 11) is -3.80. The molecule has 0 saturated carbocycles. The van der Waals surface area contributed by atoms with Gasteiger partial charge >= 0.3 is 5.97 Å². The number of amides is 1. The van der Waals surface area contributed by atoms with E-state index in [0.29, 0.717) is 6.54 Å². The second-order valence-corrected chi connectivity index (χ2v) is 7.55. The topological polar surface area (TPSA) is 102 Å². The van der Waals surface area contributed by atoms with Crippen LogP contribution in [0.25, 0.3) is 0 Å². The zero-order chi connectivity index (χ0) is 19.9. The fourth-order valence-corrected chi connectivity index (χ4v) is 3.31. The average Bonchev–Trinajstić information content (AvgIpc) is 2.67. The van der Waals surface area contributed by atoms with Gasteiger partial charge in [0.1, 0.15) is 0 Å². The van der Waals surface area contributed by atoms with Gasteiger partial charge in [0.25, 0.3) is 5.91 Å². The molecule has 0 radical (unpaired) electrons. The molecule has 0 aliphatic heterocycles. The van der Waals surface area contributed by atoms with Gasteiger partial charge in [0, 0.05) is 13.1 Å². The molecule has 2 rings (SSSR count). The first kappa shape index (κ1) is 20.6. The Balaban J connectivity index is 2.09. The molecule has 0 aliphatic carbocycles. The normalized spacial score (nSPS) is 12.2. The van der Waals surface area contributed by atoms with Crippen LogP contribution in [-0.4, -0.2) is 32.9 Å². The molecule has 8 heteroatoms. The average molecular weight is 390 g/mol. The molecular formula is C19H22N2O5S. The van der Waals surface area contributed by atoms with E-state index in [1.54, 1.807) is 19.1 Å². The first-order valence-corrected chi connectivity index (χ1v) is 9.94. The van der Waals surface area contributed by atoms with Gasteiger partial charge in [-0.05, 0) is 37.6 Å². The number of carbonyl (C=O) groups is 2. The molecule has 0 aromatic heterocycles. The van der Waals surface area contributed by atoms with Crippen molar-refractivity contribution < 1.29 is 22.7 Å². The molecule has 0 bridgehead atoms. The number of esters is 1. The van der Waals surface area contributed by atoms with E-state index < -0.39 is 28.0 Å². The standard InChI is InChI=1S/C19H22N2O5S/c1-3-20-18(22)14(2)26-19(23)16-10-7-11-17(12-16)27(24,25)21-13-15-8-5-4-6-9-15/h4-12,14,21H,3,13H2,1-2H3,(H,20,22)/t14-/m0/s1. The molecule has 0 spiro atoms. The molecule has 0 saturated heterocycles. The smallest absolute Gasteiger partial charge is 0.338 e. The number of rotatable bonds is 8. The summed E-state index contributed by atoms with van der Waals surface area (Å²) >= 11 is 0. The van der Waals surface area contributed by atoms with E-state index in [1.807, 2.05) is 18.2 Å². The number of carbonyl (C=O) groups excluding carboxylic acids is 2. The third-order valence-corrected chi connectivity index (χ3v) is 5.09. The van der Waals surface area contributed by atoms with Crippen molar-refractivity contribution >= 4 is 21.9 Å². The number of benzene rings is 2. The molecule has 1 amide bonds. The summed E-state index contributed by atoms with van der Waals surface area (Å²) in [4.78, 5) is 23.8. The molecule has 0 unspecified atom stereocenters. The fourth-order valence-electron chi connectivity index (χ4n) is 2.25. The Hall–Kier alpha value is -2.71. The number of hydrogen-bond donors (Lipinski definition) is 2. The van der Waals surface area contributed by atoms with Crippen molar-refractivity contribution in [2.45, 2.75) is 31.4 Å². The van der Waals surface area contributed by atoms with E-state index in [0.717, 1.165) is 5.56 Å². The monoisotopic (exact) mass is 390 g/mol. The second-order valence-electron chi connectivity index (χ2n) is 5.78. The van der Waals surface area contributed by atoms with Crippen molar-refractivity contribution in [2.75, 3.05) is 6.54 Å². The van der Waals surface area contributed by atoms with Crippen molar-refractivity contribution in [3.8, 4) is 0 Å². The predicted molar refractivity (Wildman–Crippen MR) is 100 cm³/mol. The van der Waals surface area contributed by atoms with E-state index >= 15 is 0 Å². The first-order chi connectivity index (χ1) is 12.8. The van der Waals surface area contributed by atoms with Gasteiger partial charge in [0.2, 0.25) is 10.0 Å². The summed E-state index contributed by atoms with van der Waals surface area (Å²) in [6, 6.07) is 14.6. The maximum atomic E-state index is 12.5. The van der Waals surface area contributed by atoms with Gasteiger partial charge in [-0.2, -0.15) is 0 Å². The van der Waals surface area contributed by atoms with Gasteiger partial charge in [-0.3, -0.25) is 4.79 Å². The minimum atomic E-state index is -3.80. The zero-order valence-electron chi connectivity index (χ0n) is 15.1. The molecule has 27 heavy (non-hydrogen) atoms. The van der Waals surface area contributed by atoms with Gasteiger partial charge in [-0.1, -0.05) is 36.4 Å². The SMILES string of the molecule is CCNC(=O)[C@H](C)OC(=O)c1cccc(S(=O)(=O)NCc2ccccc2)c1. The number of hydrogen-bond acceptors (Lipinski definition) is 5. The van der Waals surface area contributed by atoms with E-state index in [1.165, 1.54) is 31.2 Å². The Morgan fingerprint density at radius 1 is 1.07 bits per heavy atom. The van der Waals surface area contributed by atoms with Crippen molar-refractivity contribution in [3.05, 3.63) is 65.7 Å². The van der Waals surface area contributed by atoms with Crippen LogP contribution in [0.3, 0.4) is 0 Å². The molecule has 2 aromatic carbocycles. The molecule has 144 valence electrons. The first-order valence-electron chi connectivity index (χ1n) is 8.46. The van der Waals surface area contributed by atoms with E-state index in [4.69, 9.17) is 4.74 Å². The van der Waals surface area contributed by atoms with Gasteiger partial charge in [0.05, 0.1) is 10.5 Å². The Kier molecular flexibility index (Phi) is 7.09. The van der Waals surface area contributed by atoms with E-state index in [2.05, 4.69) is 10.0 Å². The van der Waals surface area contributed by atoms with Gasteiger partial charge in [-0.15, -0.1) is 0 Å². The summed E-state index contributed by atoms with van der Waals surface area (Å²) in [5.41, 5.74) is 0.862. The minimum absolute atomic E-state index is 0.0498. The number of ether oxygens (including phenoxy) is 1. The molecule has 2 N–H and O–H groups in total.